The summed E-state index contributed by atoms with van der Waals surface area (Å²) in [6, 6.07) is 0.189. The normalized spacial score (nSPS) is 12.3. The molecule has 108 valence electrons. The minimum atomic E-state index is -0.405. The Morgan fingerprint density at radius 1 is 1.47 bits per heavy atom. The van der Waals surface area contributed by atoms with Gasteiger partial charge >= 0.3 is 0 Å². The standard InChI is InChI=1S/C13H23FN4O/c1-5-10(3)18(7-8-19-4)12-11(14)9-16-13(17-12)15-6-2/h9-10H,5-8H2,1-4H3,(H,15,16,17). The molecule has 1 aromatic rings. The Labute approximate surface area is 114 Å². The summed E-state index contributed by atoms with van der Waals surface area (Å²) < 4.78 is 19.0. The van der Waals surface area contributed by atoms with E-state index >= 15 is 0 Å². The second-order valence-electron chi connectivity index (χ2n) is 4.34. The number of rotatable bonds is 8. The summed E-state index contributed by atoms with van der Waals surface area (Å²) in [5, 5.41) is 3.00. The molecular weight excluding hydrogens is 247 g/mol. The molecule has 0 saturated heterocycles. The largest absolute Gasteiger partial charge is 0.383 e. The maximum atomic E-state index is 13.9. The number of nitrogens with one attached hydrogen (secondary N) is 1. The molecule has 0 aromatic carbocycles. The monoisotopic (exact) mass is 270 g/mol. The van der Waals surface area contributed by atoms with E-state index in [4.69, 9.17) is 4.74 Å². The highest BCUT2D eigenvalue weighted by molar-refractivity contribution is 5.44. The molecule has 6 heteroatoms. The molecule has 1 atom stereocenters. The van der Waals surface area contributed by atoms with Crippen molar-refractivity contribution < 1.29 is 9.13 Å². The number of anilines is 2. The maximum absolute atomic E-state index is 13.9. The molecule has 19 heavy (non-hydrogen) atoms. The summed E-state index contributed by atoms with van der Waals surface area (Å²) in [5.41, 5.74) is 0. The highest BCUT2D eigenvalue weighted by atomic mass is 19.1. The van der Waals surface area contributed by atoms with Crippen LogP contribution in [-0.2, 0) is 4.74 Å². The van der Waals surface area contributed by atoms with Gasteiger partial charge in [-0.1, -0.05) is 6.92 Å². The van der Waals surface area contributed by atoms with Crippen LogP contribution in [0.15, 0.2) is 6.20 Å². The van der Waals surface area contributed by atoms with E-state index in [1.807, 2.05) is 18.7 Å². The maximum Gasteiger partial charge on any atom is 0.224 e. The Bertz CT molecular complexity index is 389. The molecule has 1 N–H and O–H groups in total. The first kappa shape index (κ1) is 15.6. The molecule has 0 aliphatic heterocycles. The Morgan fingerprint density at radius 2 is 2.21 bits per heavy atom. The molecule has 0 fully saturated rings. The molecule has 1 aromatic heterocycles. The van der Waals surface area contributed by atoms with Gasteiger partial charge in [0, 0.05) is 26.2 Å². The molecule has 1 unspecified atom stereocenters. The second-order valence-corrected chi connectivity index (χ2v) is 4.34. The van der Waals surface area contributed by atoms with Crippen LogP contribution in [0.5, 0.6) is 0 Å². The fraction of sp³-hybridized carbons (Fsp3) is 0.692. The van der Waals surface area contributed by atoms with Crippen molar-refractivity contribution in [3.05, 3.63) is 12.0 Å². The summed E-state index contributed by atoms with van der Waals surface area (Å²) in [5.74, 6) is 0.375. The molecular formula is C13H23FN4O. The van der Waals surface area contributed by atoms with Crippen LogP contribution in [0.4, 0.5) is 16.2 Å². The van der Waals surface area contributed by atoms with Gasteiger partial charge in [0.25, 0.3) is 0 Å². The minimum Gasteiger partial charge on any atom is -0.383 e. The van der Waals surface area contributed by atoms with Crippen molar-refractivity contribution >= 4 is 11.8 Å². The number of aromatic nitrogens is 2. The lowest BCUT2D eigenvalue weighted by Gasteiger charge is -2.29. The lowest BCUT2D eigenvalue weighted by molar-refractivity contribution is 0.203. The van der Waals surface area contributed by atoms with E-state index in [0.29, 0.717) is 31.5 Å². The smallest absolute Gasteiger partial charge is 0.224 e. The number of ether oxygens (including phenoxy) is 1. The summed E-state index contributed by atoms with van der Waals surface area (Å²) in [7, 11) is 1.63. The Morgan fingerprint density at radius 3 is 2.79 bits per heavy atom. The Kier molecular flexibility index (Phi) is 6.49. The third kappa shape index (κ3) is 4.31. The fourth-order valence-electron chi connectivity index (χ4n) is 1.75. The van der Waals surface area contributed by atoms with Crippen molar-refractivity contribution in [2.24, 2.45) is 0 Å². The van der Waals surface area contributed by atoms with Crippen LogP contribution in [0.2, 0.25) is 0 Å². The van der Waals surface area contributed by atoms with Gasteiger partial charge in [-0.05, 0) is 20.3 Å². The highest BCUT2D eigenvalue weighted by Gasteiger charge is 2.19. The van der Waals surface area contributed by atoms with Crippen LogP contribution in [0, 0.1) is 5.82 Å². The third-order valence-electron chi connectivity index (χ3n) is 2.99. The van der Waals surface area contributed by atoms with E-state index in [2.05, 4.69) is 22.2 Å². The number of nitrogens with zero attached hydrogens (tertiary/aromatic N) is 3. The SMILES string of the molecule is CCNc1ncc(F)c(N(CCOC)C(C)CC)n1. The average Bonchev–Trinajstić information content (AvgIpc) is 2.42. The van der Waals surface area contributed by atoms with Gasteiger partial charge in [-0.25, -0.2) is 9.37 Å². The predicted octanol–water partition coefficient (Wildman–Crippen LogP) is 2.30. The van der Waals surface area contributed by atoms with Crippen molar-refractivity contribution in [3.63, 3.8) is 0 Å². The summed E-state index contributed by atoms with van der Waals surface area (Å²) >= 11 is 0. The van der Waals surface area contributed by atoms with E-state index < -0.39 is 5.82 Å². The van der Waals surface area contributed by atoms with Crippen LogP contribution in [-0.4, -0.2) is 42.8 Å². The van der Waals surface area contributed by atoms with E-state index in [-0.39, 0.29) is 6.04 Å². The summed E-state index contributed by atoms with van der Waals surface area (Å²) in [6.07, 6.45) is 2.12. The first-order valence-corrected chi connectivity index (χ1v) is 6.65. The topological polar surface area (TPSA) is 50.3 Å². The molecule has 0 spiro atoms. The molecule has 5 nitrogen and oxygen atoms in total. The van der Waals surface area contributed by atoms with Crippen molar-refractivity contribution in [3.8, 4) is 0 Å². The molecule has 0 aliphatic rings. The number of methoxy groups -OCH3 is 1. The number of hydrogen-bond acceptors (Lipinski definition) is 5. The molecule has 1 rings (SSSR count). The highest BCUT2D eigenvalue weighted by Crippen LogP contribution is 2.20. The molecule has 0 bridgehead atoms. The minimum absolute atomic E-state index is 0.189. The van der Waals surface area contributed by atoms with Crippen molar-refractivity contribution in [2.45, 2.75) is 33.2 Å². The van der Waals surface area contributed by atoms with Crippen molar-refractivity contribution in [1.29, 1.82) is 0 Å². The zero-order valence-corrected chi connectivity index (χ0v) is 12.1. The molecule has 0 aliphatic carbocycles. The lowest BCUT2D eigenvalue weighted by Crippen LogP contribution is -2.37. The second kappa shape index (κ2) is 7.89. The van der Waals surface area contributed by atoms with Gasteiger partial charge in [-0.2, -0.15) is 4.98 Å². The molecule has 1 heterocycles. The summed E-state index contributed by atoms with van der Waals surface area (Å²) in [4.78, 5) is 10.1. The van der Waals surface area contributed by atoms with E-state index in [9.17, 15) is 4.39 Å². The number of hydrogen-bond donors (Lipinski definition) is 1. The first-order valence-electron chi connectivity index (χ1n) is 6.65. The van der Waals surface area contributed by atoms with Gasteiger partial charge in [0.05, 0.1) is 12.8 Å². The van der Waals surface area contributed by atoms with Crippen molar-refractivity contribution in [1.82, 2.24) is 9.97 Å². The summed E-state index contributed by atoms with van der Waals surface area (Å²) in [6.45, 7) is 7.89. The molecule has 0 radical (unpaired) electrons. The van der Waals surface area contributed by atoms with Crippen LogP contribution in [0.1, 0.15) is 27.2 Å². The van der Waals surface area contributed by atoms with Gasteiger partial charge in [0.15, 0.2) is 11.6 Å². The fourth-order valence-corrected chi connectivity index (χ4v) is 1.75. The zero-order valence-electron chi connectivity index (χ0n) is 12.1. The molecule has 0 amide bonds. The Balaban J connectivity index is 3.01. The first-order chi connectivity index (χ1) is 9.13. The van der Waals surface area contributed by atoms with Gasteiger partial charge < -0.3 is 15.0 Å². The van der Waals surface area contributed by atoms with E-state index in [0.717, 1.165) is 6.42 Å². The van der Waals surface area contributed by atoms with Crippen molar-refractivity contribution in [2.75, 3.05) is 37.0 Å². The average molecular weight is 270 g/mol. The van der Waals surface area contributed by atoms with Gasteiger partial charge in [-0.15, -0.1) is 0 Å². The van der Waals surface area contributed by atoms with E-state index in [1.54, 1.807) is 7.11 Å². The Hall–Kier alpha value is -1.43. The van der Waals surface area contributed by atoms with E-state index in [1.165, 1.54) is 6.20 Å². The molecule has 0 saturated carbocycles. The lowest BCUT2D eigenvalue weighted by atomic mass is 10.2. The van der Waals surface area contributed by atoms with Crippen LogP contribution >= 0.6 is 0 Å². The van der Waals surface area contributed by atoms with Crippen LogP contribution < -0.4 is 10.2 Å². The van der Waals surface area contributed by atoms with Gasteiger partial charge in [-0.3, -0.25) is 0 Å². The number of halogens is 1. The quantitative estimate of drug-likeness (QED) is 0.785. The van der Waals surface area contributed by atoms with Crippen LogP contribution in [0.25, 0.3) is 0 Å². The van der Waals surface area contributed by atoms with Gasteiger partial charge in [0.2, 0.25) is 5.95 Å². The zero-order chi connectivity index (χ0) is 14.3. The van der Waals surface area contributed by atoms with Gasteiger partial charge in [0.1, 0.15) is 0 Å². The van der Waals surface area contributed by atoms with Crippen LogP contribution in [0.3, 0.4) is 0 Å². The third-order valence-corrected chi connectivity index (χ3v) is 2.99. The predicted molar refractivity (Wildman–Crippen MR) is 75.1 cm³/mol.